The molecule has 0 bridgehead atoms. The molecule has 1 aliphatic rings. The van der Waals surface area contributed by atoms with E-state index < -0.39 is 0 Å². The third kappa shape index (κ3) is 4.77. The number of halogens is 1. The van der Waals surface area contributed by atoms with Crippen LogP contribution in [-0.2, 0) is 9.59 Å². The first-order valence-corrected chi connectivity index (χ1v) is 9.48. The number of benzene rings is 1. The average molecular weight is 387 g/mol. The molecule has 3 rings (SSSR count). The maximum atomic E-state index is 12.0. The predicted molar refractivity (Wildman–Crippen MR) is 106 cm³/mol. The third-order valence-corrected chi connectivity index (χ3v) is 4.89. The van der Waals surface area contributed by atoms with Crippen molar-refractivity contribution in [3.8, 4) is 5.69 Å². The Hall–Kier alpha value is -2.60. The maximum absolute atomic E-state index is 12.0. The van der Waals surface area contributed by atoms with E-state index in [1.54, 1.807) is 10.8 Å². The van der Waals surface area contributed by atoms with Crippen LogP contribution in [0.4, 0.5) is 0 Å². The standard InChI is InChI=1S/C20H23ClN4O2/c1-15-17(20(21)25(23-15)16-7-3-2-4-8-16)10-11-18(26)22-12-6-14-24-13-5-9-19(24)27/h2-4,7-8,10-11H,5-6,9,12-14H2,1H3,(H,22,26)/b11-10+. The zero-order valence-corrected chi connectivity index (χ0v) is 16.1. The highest BCUT2D eigenvalue weighted by atomic mass is 35.5. The van der Waals surface area contributed by atoms with E-state index in [0.717, 1.165) is 36.3 Å². The molecule has 2 aromatic rings. The van der Waals surface area contributed by atoms with Gasteiger partial charge in [0.1, 0.15) is 5.15 Å². The normalized spacial score (nSPS) is 14.3. The molecule has 1 aliphatic heterocycles. The van der Waals surface area contributed by atoms with Crippen LogP contribution in [-0.4, -0.2) is 46.1 Å². The molecule has 1 N–H and O–H groups in total. The molecule has 0 spiro atoms. The summed E-state index contributed by atoms with van der Waals surface area (Å²) in [5.74, 6) is 0.0208. The Morgan fingerprint density at radius 1 is 1.33 bits per heavy atom. The molecule has 2 amide bonds. The van der Waals surface area contributed by atoms with E-state index in [0.29, 0.717) is 24.7 Å². The van der Waals surface area contributed by atoms with Crippen molar-refractivity contribution in [3.63, 3.8) is 0 Å². The minimum Gasteiger partial charge on any atom is -0.352 e. The molecule has 7 heteroatoms. The highest BCUT2D eigenvalue weighted by Gasteiger charge is 2.19. The van der Waals surface area contributed by atoms with Gasteiger partial charge >= 0.3 is 0 Å². The van der Waals surface area contributed by atoms with Gasteiger partial charge in [0.05, 0.1) is 11.4 Å². The van der Waals surface area contributed by atoms with Crippen LogP contribution in [0.25, 0.3) is 11.8 Å². The van der Waals surface area contributed by atoms with Gasteiger partial charge in [0.15, 0.2) is 0 Å². The summed E-state index contributed by atoms with van der Waals surface area (Å²) in [5.41, 5.74) is 2.34. The van der Waals surface area contributed by atoms with Gasteiger partial charge in [-0.2, -0.15) is 5.10 Å². The lowest BCUT2D eigenvalue weighted by Crippen LogP contribution is -2.29. The fourth-order valence-corrected chi connectivity index (χ4v) is 3.42. The van der Waals surface area contributed by atoms with Crippen molar-refractivity contribution in [2.24, 2.45) is 0 Å². The monoisotopic (exact) mass is 386 g/mol. The number of para-hydroxylation sites is 1. The lowest BCUT2D eigenvalue weighted by molar-refractivity contribution is -0.127. The van der Waals surface area contributed by atoms with Crippen LogP contribution in [0.1, 0.15) is 30.5 Å². The van der Waals surface area contributed by atoms with Crippen LogP contribution < -0.4 is 5.32 Å². The molecule has 1 aromatic carbocycles. The fourth-order valence-electron chi connectivity index (χ4n) is 3.08. The number of aromatic nitrogens is 2. The van der Waals surface area contributed by atoms with Gasteiger partial charge in [-0.3, -0.25) is 9.59 Å². The van der Waals surface area contributed by atoms with Crippen LogP contribution in [0, 0.1) is 6.92 Å². The largest absolute Gasteiger partial charge is 0.352 e. The van der Waals surface area contributed by atoms with Gasteiger partial charge in [0.2, 0.25) is 11.8 Å². The molecule has 2 heterocycles. The van der Waals surface area contributed by atoms with Crippen LogP contribution in [0.2, 0.25) is 5.15 Å². The number of carbonyl (C=O) groups is 2. The average Bonchev–Trinajstić information content (AvgIpc) is 3.20. The fraction of sp³-hybridized carbons (Fsp3) is 0.350. The summed E-state index contributed by atoms with van der Waals surface area (Å²) in [4.78, 5) is 25.4. The second-order valence-corrected chi connectivity index (χ2v) is 6.86. The van der Waals surface area contributed by atoms with E-state index in [1.165, 1.54) is 6.08 Å². The molecule has 1 saturated heterocycles. The zero-order chi connectivity index (χ0) is 19.2. The summed E-state index contributed by atoms with van der Waals surface area (Å²) in [7, 11) is 0. The second kappa shape index (κ2) is 8.86. The van der Waals surface area contributed by atoms with Crippen LogP contribution >= 0.6 is 11.6 Å². The van der Waals surface area contributed by atoms with E-state index >= 15 is 0 Å². The van der Waals surface area contributed by atoms with Crippen LogP contribution in [0.5, 0.6) is 0 Å². The zero-order valence-electron chi connectivity index (χ0n) is 15.3. The molecule has 0 unspecified atom stereocenters. The van der Waals surface area contributed by atoms with E-state index in [1.807, 2.05) is 42.2 Å². The van der Waals surface area contributed by atoms with Crippen molar-refractivity contribution >= 4 is 29.5 Å². The summed E-state index contributed by atoms with van der Waals surface area (Å²) in [5, 5.41) is 7.75. The molecular weight excluding hydrogens is 364 g/mol. The summed E-state index contributed by atoms with van der Waals surface area (Å²) >= 11 is 6.44. The first-order valence-electron chi connectivity index (χ1n) is 9.10. The van der Waals surface area contributed by atoms with Gasteiger partial charge in [0.25, 0.3) is 0 Å². The Morgan fingerprint density at radius 3 is 2.81 bits per heavy atom. The molecule has 0 aliphatic carbocycles. The first-order chi connectivity index (χ1) is 13.1. The van der Waals surface area contributed by atoms with E-state index in [-0.39, 0.29) is 11.8 Å². The highest BCUT2D eigenvalue weighted by Crippen LogP contribution is 2.24. The quantitative estimate of drug-likeness (QED) is 0.587. The van der Waals surface area contributed by atoms with E-state index in [9.17, 15) is 9.59 Å². The van der Waals surface area contributed by atoms with Gasteiger partial charge in [-0.05, 0) is 38.0 Å². The van der Waals surface area contributed by atoms with E-state index in [4.69, 9.17) is 11.6 Å². The number of carbonyl (C=O) groups excluding carboxylic acids is 2. The van der Waals surface area contributed by atoms with Crippen LogP contribution in [0.3, 0.4) is 0 Å². The topological polar surface area (TPSA) is 67.2 Å². The summed E-state index contributed by atoms with van der Waals surface area (Å²) in [6.45, 7) is 3.91. The van der Waals surface area contributed by atoms with Crippen molar-refractivity contribution in [3.05, 3.63) is 52.8 Å². The van der Waals surface area contributed by atoms with Crippen molar-refractivity contribution < 1.29 is 9.59 Å². The number of nitrogens with zero attached hydrogens (tertiary/aromatic N) is 3. The number of nitrogens with one attached hydrogen (secondary N) is 1. The lowest BCUT2D eigenvalue weighted by Gasteiger charge is -2.14. The highest BCUT2D eigenvalue weighted by molar-refractivity contribution is 6.31. The smallest absolute Gasteiger partial charge is 0.244 e. The number of amides is 2. The molecule has 0 atom stereocenters. The van der Waals surface area contributed by atoms with E-state index in [2.05, 4.69) is 10.4 Å². The SMILES string of the molecule is Cc1nn(-c2ccccc2)c(Cl)c1/C=C/C(=O)NCCCN1CCCC1=O. The molecule has 0 saturated carbocycles. The number of aryl methyl sites for hydroxylation is 1. The number of hydrogen-bond acceptors (Lipinski definition) is 3. The Morgan fingerprint density at radius 2 is 2.11 bits per heavy atom. The lowest BCUT2D eigenvalue weighted by atomic mass is 10.2. The summed E-state index contributed by atoms with van der Waals surface area (Å²) in [6, 6.07) is 9.61. The second-order valence-electron chi connectivity index (χ2n) is 6.50. The van der Waals surface area contributed by atoms with Gasteiger partial charge < -0.3 is 10.2 Å². The van der Waals surface area contributed by atoms with Gasteiger partial charge in [0, 0.05) is 37.7 Å². The molecule has 27 heavy (non-hydrogen) atoms. The van der Waals surface area contributed by atoms with Crippen molar-refractivity contribution in [1.82, 2.24) is 20.0 Å². The Labute approximate surface area is 163 Å². The van der Waals surface area contributed by atoms with Crippen molar-refractivity contribution in [2.45, 2.75) is 26.2 Å². The molecule has 142 valence electrons. The van der Waals surface area contributed by atoms with Crippen LogP contribution in [0.15, 0.2) is 36.4 Å². The van der Waals surface area contributed by atoms with Gasteiger partial charge in [-0.1, -0.05) is 29.8 Å². The van der Waals surface area contributed by atoms with Gasteiger partial charge in [-0.15, -0.1) is 0 Å². The summed E-state index contributed by atoms with van der Waals surface area (Å²) in [6.07, 6.45) is 5.48. The minimum atomic E-state index is -0.189. The molecule has 1 aromatic heterocycles. The Balaban J connectivity index is 1.53. The molecule has 1 fully saturated rings. The predicted octanol–water partition coefficient (Wildman–Crippen LogP) is 2.98. The molecular formula is C20H23ClN4O2. The number of rotatable bonds is 7. The minimum absolute atomic E-state index is 0.189. The first kappa shape index (κ1) is 19.2. The maximum Gasteiger partial charge on any atom is 0.244 e. The van der Waals surface area contributed by atoms with Crippen molar-refractivity contribution in [1.29, 1.82) is 0 Å². The summed E-state index contributed by atoms with van der Waals surface area (Å²) < 4.78 is 1.65. The number of likely N-dealkylation sites (tertiary alicyclic amines) is 1. The third-order valence-electron chi connectivity index (χ3n) is 4.53. The van der Waals surface area contributed by atoms with Crippen molar-refractivity contribution in [2.75, 3.05) is 19.6 Å². The number of hydrogen-bond donors (Lipinski definition) is 1. The molecule has 0 radical (unpaired) electrons. The Bertz CT molecular complexity index is 845. The van der Waals surface area contributed by atoms with Gasteiger partial charge in [-0.25, -0.2) is 4.68 Å². The Kier molecular flexibility index (Phi) is 6.29. The molecule has 6 nitrogen and oxygen atoms in total.